The summed E-state index contributed by atoms with van der Waals surface area (Å²) in [6.45, 7) is 9.09. The van der Waals surface area contributed by atoms with Gasteiger partial charge in [0.15, 0.2) is 0 Å². The van der Waals surface area contributed by atoms with Crippen molar-refractivity contribution in [2.45, 2.75) is 45.1 Å². The Hall–Kier alpha value is -0.760. The molecule has 1 aliphatic rings. The van der Waals surface area contributed by atoms with Gasteiger partial charge in [0.2, 0.25) is 0 Å². The van der Waals surface area contributed by atoms with Crippen LogP contribution in [-0.2, 0) is 0 Å². The first kappa shape index (κ1) is 12.7. The van der Waals surface area contributed by atoms with Crippen molar-refractivity contribution in [2.75, 3.05) is 5.75 Å². The van der Waals surface area contributed by atoms with E-state index in [9.17, 15) is 0 Å². The number of fused-ring (bicyclic) bond motifs is 1. The average Bonchev–Trinajstić information content (AvgIpc) is 2.50. The summed E-state index contributed by atoms with van der Waals surface area (Å²) in [6.07, 6.45) is 5.54. The highest BCUT2D eigenvalue weighted by molar-refractivity contribution is 7.99. The van der Waals surface area contributed by atoms with E-state index in [1.54, 1.807) is 0 Å². The van der Waals surface area contributed by atoms with E-state index < -0.39 is 0 Å². The van der Waals surface area contributed by atoms with E-state index >= 15 is 0 Å². The molecule has 1 nitrogen and oxygen atoms in total. The van der Waals surface area contributed by atoms with Gasteiger partial charge in [0.25, 0.3) is 0 Å². The van der Waals surface area contributed by atoms with Crippen LogP contribution in [0, 0.1) is 5.92 Å². The van der Waals surface area contributed by atoms with E-state index in [-0.39, 0.29) is 0 Å². The number of aromatic nitrogens is 1. The Morgan fingerprint density at radius 1 is 1.18 bits per heavy atom. The minimum Gasteiger partial charge on any atom is -0.249 e. The highest BCUT2D eigenvalue weighted by Gasteiger charge is 2.20. The van der Waals surface area contributed by atoms with Crippen LogP contribution >= 0.6 is 11.8 Å². The van der Waals surface area contributed by atoms with Crippen LogP contribution in [0.3, 0.4) is 0 Å². The fourth-order valence-electron chi connectivity index (χ4n) is 2.33. The Labute approximate surface area is 109 Å². The van der Waals surface area contributed by atoms with Gasteiger partial charge in [0.05, 0.1) is 0 Å². The van der Waals surface area contributed by atoms with Crippen molar-refractivity contribution in [1.82, 2.24) is 4.98 Å². The van der Waals surface area contributed by atoms with Crippen LogP contribution in [0.2, 0.25) is 0 Å². The number of hydrogen-bond donors (Lipinski definition) is 0. The molecule has 0 atom stereocenters. The number of rotatable bonds is 2. The van der Waals surface area contributed by atoms with Gasteiger partial charge in [-0.3, -0.25) is 0 Å². The topological polar surface area (TPSA) is 12.9 Å². The molecule has 0 fully saturated rings. The molecule has 0 bridgehead atoms. The summed E-state index contributed by atoms with van der Waals surface area (Å²) in [5.74, 6) is 2.29. The zero-order valence-electron chi connectivity index (χ0n) is 11.2. The van der Waals surface area contributed by atoms with E-state index in [2.05, 4.69) is 44.8 Å². The normalized spacial score (nSPS) is 15.8. The fraction of sp³-hybridized carbons (Fsp3) is 0.533. The number of nitrogens with zero attached hydrogens (tertiary/aromatic N) is 1. The standard InChI is InChI=1S/C15H21NS/c1-10(2)12-6-5-9-17-15-14(12)13(11(3)4)7-8-16-15/h6-8,10-11H,5,9H2,1-4H3. The molecule has 0 aliphatic carbocycles. The highest BCUT2D eigenvalue weighted by atomic mass is 32.2. The molecule has 2 rings (SSSR count). The van der Waals surface area contributed by atoms with E-state index in [0.717, 1.165) is 12.2 Å². The molecule has 0 spiro atoms. The van der Waals surface area contributed by atoms with Gasteiger partial charge in [-0.15, -0.1) is 11.8 Å². The van der Waals surface area contributed by atoms with Crippen molar-refractivity contribution in [3.05, 3.63) is 29.5 Å². The van der Waals surface area contributed by atoms with Gasteiger partial charge < -0.3 is 0 Å². The lowest BCUT2D eigenvalue weighted by atomic mass is 9.88. The first-order valence-electron chi connectivity index (χ1n) is 6.43. The quantitative estimate of drug-likeness (QED) is 0.748. The predicted molar refractivity (Wildman–Crippen MR) is 76.5 cm³/mol. The second-order valence-corrected chi connectivity index (χ2v) is 6.27. The monoisotopic (exact) mass is 247 g/mol. The molecule has 0 aromatic carbocycles. The summed E-state index contributed by atoms with van der Waals surface area (Å²) in [4.78, 5) is 4.58. The average molecular weight is 247 g/mol. The third-order valence-electron chi connectivity index (χ3n) is 3.20. The van der Waals surface area contributed by atoms with Crippen LogP contribution in [-0.4, -0.2) is 10.7 Å². The second-order valence-electron chi connectivity index (χ2n) is 5.19. The maximum absolute atomic E-state index is 4.58. The third kappa shape index (κ3) is 2.57. The van der Waals surface area contributed by atoms with Crippen LogP contribution in [0.5, 0.6) is 0 Å². The molecule has 0 N–H and O–H groups in total. The first-order valence-corrected chi connectivity index (χ1v) is 7.42. The van der Waals surface area contributed by atoms with E-state index in [4.69, 9.17) is 0 Å². The highest BCUT2D eigenvalue weighted by Crippen LogP contribution is 2.38. The molecule has 1 aromatic heterocycles. The molecule has 0 amide bonds. The molecule has 1 aromatic rings. The van der Waals surface area contributed by atoms with Crippen molar-refractivity contribution < 1.29 is 0 Å². The molecule has 2 heterocycles. The smallest absolute Gasteiger partial charge is 0.104 e. The minimum absolute atomic E-state index is 0.563. The SMILES string of the molecule is CC(C)C1=CCCSc2nccc(C(C)C)c21. The molecule has 0 unspecified atom stereocenters. The third-order valence-corrected chi connectivity index (χ3v) is 4.22. The molecule has 92 valence electrons. The number of thioether (sulfide) groups is 1. The molecule has 0 saturated heterocycles. The van der Waals surface area contributed by atoms with E-state index in [1.807, 2.05) is 18.0 Å². The largest absolute Gasteiger partial charge is 0.249 e. The lowest BCUT2D eigenvalue weighted by molar-refractivity contribution is 0.812. The van der Waals surface area contributed by atoms with Gasteiger partial charge >= 0.3 is 0 Å². The summed E-state index contributed by atoms with van der Waals surface area (Å²) >= 11 is 1.90. The fourth-order valence-corrected chi connectivity index (χ4v) is 3.28. The van der Waals surface area contributed by atoms with Gasteiger partial charge in [-0.1, -0.05) is 33.8 Å². The molecule has 0 saturated carbocycles. The van der Waals surface area contributed by atoms with Crippen molar-refractivity contribution in [3.63, 3.8) is 0 Å². The van der Waals surface area contributed by atoms with Gasteiger partial charge in [0.1, 0.15) is 5.03 Å². The Morgan fingerprint density at radius 2 is 1.94 bits per heavy atom. The van der Waals surface area contributed by atoms with Crippen LogP contribution in [0.4, 0.5) is 0 Å². The predicted octanol–water partition coefficient (Wildman–Crippen LogP) is 4.74. The molecule has 2 heteroatoms. The number of hydrogen-bond acceptors (Lipinski definition) is 2. The lowest BCUT2D eigenvalue weighted by Crippen LogP contribution is -2.03. The summed E-state index contributed by atoms with van der Waals surface area (Å²) in [5.41, 5.74) is 4.35. The van der Waals surface area contributed by atoms with Gasteiger partial charge in [-0.05, 0) is 35.5 Å². The van der Waals surface area contributed by atoms with Gasteiger partial charge in [-0.25, -0.2) is 4.98 Å². The number of allylic oxidation sites excluding steroid dienone is 2. The van der Waals surface area contributed by atoms with E-state index in [1.165, 1.54) is 21.7 Å². The van der Waals surface area contributed by atoms with Gasteiger partial charge in [0, 0.05) is 17.5 Å². The summed E-state index contributed by atoms with van der Waals surface area (Å²) in [5, 5.41) is 1.23. The van der Waals surface area contributed by atoms with Crippen LogP contribution in [0.25, 0.3) is 5.57 Å². The zero-order valence-corrected chi connectivity index (χ0v) is 12.0. The van der Waals surface area contributed by atoms with Gasteiger partial charge in [-0.2, -0.15) is 0 Å². The summed E-state index contributed by atoms with van der Waals surface area (Å²) in [6, 6.07) is 2.19. The maximum atomic E-state index is 4.58. The zero-order chi connectivity index (χ0) is 12.4. The Morgan fingerprint density at radius 3 is 2.59 bits per heavy atom. The van der Waals surface area contributed by atoms with Crippen LogP contribution in [0.1, 0.15) is 51.2 Å². The summed E-state index contributed by atoms with van der Waals surface area (Å²) in [7, 11) is 0. The maximum Gasteiger partial charge on any atom is 0.104 e. The van der Waals surface area contributed by atoms with Crippen molar-refractivity contribution >= 4 is 17.3 Å². The van der Waals surface area contributed by atoms with E-state index in [0.29, 0.717) is 11.8 Å². The Kier molecular flexibility index (Phi) is 3.93. The van der Waals surface area contributed by atoms with Crippen molar-refractivity contribution in [2.24, 2.45) is 5.92 Å². The number of pyridine rings is 1. The van der Waals surface area contributed by atoms with Crippen LogP contribution in [0.15, 0.2) is 23.4 Å². The Balaban J connectivity index is 2.61. The molecule has 0 radical (unpaired) electrons. The second kappa shape index (κ2) is 5.26. The van der Waals surface area contributed by atoms with Crippen LogP contribution < -0.4 is 0 Å². The first-order chi connectivity index (χ1) is 8.11. The minimum atomic E-state index is 0.563. The molecule has 17 heavy (non-hydrogen) atoms. The molecular weight excluding hydrogens is 226 g/mol. The molecular formula is C15H21NS. The lowest BCUT2D eigenvalue weighted by Gasteiger charge is -2.19. The Bertz CT molecular complexity index is 433. The van der Waals surface area contributed by atoms with Crippen molar-refractivity contribution in [3.8, 4) is 0 Å². The molecule has 1 aliphatic heterocycles. The van der Waals surface area contributed by atoms with Crippen molar-refractivity contribution in [1.29, 1.82) is 0 Å². The summed E-state index contributed by atoms with van der Waals surface area (Å²) < 4.78 is 0.